The average molecular weight is 407 g/mol. The molecular weight excluding hydrogens is 385 g/mol. The summed E-state index contributed by atoms with van der Waals surface area (Å²) >= 11 is 0. The quantitative estimate of drug-likeness (QED) is 0.796. The average Bonchev–Trinajstić information content (AvgIpc) is 3.48. The van der Waals surface area contributed by atoms with Gasteiger partial charge in [0.1, 0.15) is 17.7 Å². The fourth-order valence-electron chi connectivity index (χ4n) is 3.69. The molecule has 1 saturated heterocycles. The van der Waals surface area contributed by atoms with E-state index < -0.39 is 21.8 Å². The minimum absolute atomic E-state index is 0.151. The van der Waals surface area contributed by atoms with E-state index in [1.165, 1.54) is 12.1 Å². The lowest BCUT2D eigenvalue weighted by atomic mass is 10.0. The van der Waals surface area contributed by atoms with Gasteiger partial charge in [-0.15, -0.1) is 0 Å². The number of sulfonamides is 1. The van der Waals surface area contributed by atoms with Crippen molar-refractivity contribution in [2.75, 3.05) is 13.1 Å². The molecular formula is C20H22FNO5S. The highest BCUT2D eigenvalue weighted by molar-refractivity contribution is 7.90. The number of aliphatic carboxylic acids is 1. The van der Waals surface area contributed by atoms with Crippen molar-refractivity contribution in [3.8, 4) is 5.75 Å². The highest BCUT2D eigenvalue weighted by atomic mass is 32.2. The van der Waals surface area contributed by atoms with Crippen LogP contribution in [-0.4, -0.2) is 48.2 Å². The summed E-state index contributed by atoms with van der Waals surface area (Å²) < 4.78 is 46.1. The number of carboxylic acid groups (broad SMARTS) is 1. The molecule has 0 amide bonds. The van der Waals surface area contributed by atoms with Crippen LogP contribution in [0.2, 0.25) is 0 Å². The Hall–Kier alpha value is -2.19. The van der Waals surface area contributed by atoms with Crippen molar-refractivity contribution in [3.63, 3.8) is 0 Å². The van der Waals surface area contributed by atoms with E-state index >= 15 is 0 Å². The minimum atomic E-state index is -3.18. The first-order chi connectivity index (χ1) is 13.3. The Morgan fingerprint density at radius 1 is 1.14 bits per heavy atom. The van der Waals surface area contributed by atoms with E-state index in [1.54, 1.807) is 22.5 Å². The third-order valence-corrected chi connectivity index (χ3v) is 7.69. The first kappa shape index (κ1) is 19.1. The van der Waals surface area contributed by atoms with Gasteiger partial charge in [0, 0.05) is 18.5 Å². The van der Waals surface area contributed by atoms with Crippen molar-refractivity contribution in [1.29, 1.82) is 0 Å². The van der Waals surface area contributed by atoms with Gasteiger partial charge in [0.05, 0.1) is 11.7 Å². The van der Waals surface area contributed by atoms with Crippen molar-refractivity contribution in [2.24, 2.45) is 0 Å². The third kappa shape index (κ3) is 3.98. The first-order valence-electron chi connectivity index (χ1n) is 9.42. The highest BCUT2D eigenvalue weighted by Gasteiger charge is 2.41. The third-order valence-electron chi connectivity index (χ3n) is 5.29. The van der Waals surface area contributed by atoms with Gasteiger partial charge < -0.3 is 9.84 Å². The smallest absolute Gasteiger partial charge is 0.307 e. The lowest BCUT2D eigenvalue weighted by molar-refractivity contribution is -0.136. The van der Waals surface area contributed by atoms with Crippen LogP contribution in [0.3, 0.4) is 0 Å². The van der Waals surface area contributed by atoms with Crippen LogP contribution in [0.5, 0.6) is 5.75 Å². The van der Waals surface area contributed by atoms with Crippen molar-refractivity contribution < 1.29 is 27.4 Å². The second-order valence-corrected chi connectivity index (χ2v) is 9.70. The number of carboxylic acids is 1. The van der Waals surface area contributed by atoms with Gasteiger partial charge in [0.25, 0.3) is 0 Å². The monoisotopic (exact) mass is 407 g/mol. The second kappa shape index (κ2) is 7.33. The molecule has 4 rings (SSSR count). The summed E-state index contributed by atoms with van der Waals surface area (Å²) in [6.45, 7) is 0.815. The van der Waals surface area contributed by atoms with E-state index in [-0.39, 0.29) is 17.8 Å². The van der Waals surface area contributed by atoms with E-state index in [1.807, 2.05) is 0 Å². The van der Waals surface area contributed by atoms with E-state index in [4.69, 9.17) is 9.84 Å². The lowest BCUT2D eigenvalue weighted by Gasteiger charge is -2.31. The number of halogens is 1. The zero-order chi connectivity index (χ0) is 19.9. The fraction of sp³-hybridized carbons (Fsp3) is 0.450. The number of carbonyl (C=O) groups is 1. The van der Waals surface area contributed by atoms with Gasteiger partial charge in [0.15, 0.2) is 0 Å². The fourth-order valence-corrected chi connectivity index (χ4v) is 5.56. The number of nitrogens with zero attached hydrogens (tertiary/aromatic N) is 1. The summed E-state index contributed by atoms with van der Waals surface area (Å²) in [5, 5.41) is 10.2. The number of hydrogen-bond donors (Lipinski definition) is 1. The Kier molecular flexibility index (Phi) is 5.01. The summed E-state index contributed by atoms with van der Waals surface area (Å²) in [4.78, 5) is 11.1. The molecule has 28 heavy (non-hydrogen) atoms. The summed E-state index contributed by atoms with van der Waals surface area (Å²) in [5.74, 6) is -0.906. The maximum Gasteiger partial charge on any atom is 0.307 e. The lowest BCUT2D eigenvalue weighted by Crippen LogP contribution is -2.43. The Labute approximate surface area is 163 Å². The summed E-state index contributed by atoms with van der Waals surface area (Å²) in [5.41, 5.74) is 0.579. The highest BCUT2D eigenvalue weighted by Crippen LogP contribution is 2.34. The molecule has 1 aliphatic carbocycles. The molecule has 1 N–H and O–H groups in total. The van der Waals surface area contributed by atoms with Crippen molar-refractivity contribution in [1.82, 2.24) is 4.31 Å². The zero-order valence-corrected chi connectivity index (χ0v) is 16.1. The molecule has 1 saturated carbocycles. The maximum absolute atomic E-state index is 13.7. The van der Waals surface area contributed by atoms with Crippen molar-refractivity contribution in [3.05, 3.63) is 41.7 Å². The Bertz CT molecular complexity index is 1010. The largest absolute Gasteiger partial charge is 0.490 e. The van der Waals surface area contributed by atoms with Crippen LogP contribution < -0.4 is 4.74 Å². The molecule has 8 heteroatoms. The molecule has 0 radical (unpaired) electrons. The van der Waals surface area contributed by atoms with Gasteiger partial charge in [-0.05, 0) is 54.8 Å². The second-order valence-electron chi connectivity index (χ2n) is 7.49. The normalized spacial score (nSPS) is 19.0. The van der Waals surface area contributed by atoms with Gasteiger partial charge >= 0.3 is 5.97 Å². The SMILES string of the molecule is O=C(O)Cc1cc(OC2CCN(S(=O)(=O)C3CC3)CC2)c2cc(F)ccc2c1. The Morgan fingerprint density at radius 3 is 2.50 bits per heavy atom. The molecule has 2 fully saturated rings. The van der Waals surface area contributed by atoms with Crippen molar-refractivity contribution >= 4 is 26.8 Å². The van der Waals surface area contributed by atoms with E-state index in [0.29, 0.717) is 48.0 Å². The molecule has 1 aliphatic heterocycles. The van der Waals surface area contributed by atoms with Gasteiger partial charge in [0.2, 0.25) is 10.0 Å². The van der Waals surface area contributed by atoms with Crippen LogP contribution in [0, 0.1) is 5.82 Å². The van der Waals surface area contributed by atoms with Crippen LogP contribution in [0.4, 0.5) is 4.39 Å². The number of rotatable bonds is 6. The summed E-state index contributed by atoms with van der Waals surface area (Å²) in [6, 6.07) is 7.68. The van der Waals surface area contributed by atoms with E-state index in [0.717, 1.165) is 12.8 Å². The number of benzene rings is 2. The summed E-state index contributed by atoms with van der Waals surface area (Å²) in [6.07, 6.45) is 2.23. The van der Waals surface area contributed by atoms with Crippen LogP contribution in [0.1, 0.15) is 31.2 Å². The van der Waals surface area contributed by atoms with Crippen LogP contribution in [0.25, 0.3) is 10.8 Å². The maximum atomic E-state index is 13.7. The van der Waals surface area contributed by atoms with Gasteiger partial charge in [-0.3, -0.25) is 4.79 Å². The molecule has 0 unspecified atom stereocenters. The number of hydrogen-bond acceptors (Lipinski definition) is 4. The van der Waals surface area contributed by atoms with Gasteiger partial charge in [-0.25, -0.2) is 17.1 Å². The minimum Gasteiger partial charge on any atom is -0.490 e. The predicted octanol–water partition coefficient (Wildman–Crippen LogP) is 2.94. The molecule has 0 bridgehead atoms. The van der Waals surface area contributed by atoms with Gasteiger partial charge in [-0.1, -0.05) is 12.1 Å². The zero-order valence-electron chi connectivity index (χ0n) is 15.3. The van der Waals surface area contributed by atoms with Crippen LogP contribution >= 0.6 is 0 Å². The number of ether oxygens (including phenoxy) is 1. The molecule has 2 aromatic carbocycles. The van der Waals surface area contributed by atoms with Crippen LogP contribution in [-0.2, 0) is 21.2 Å². The molecule has 1 heterocycles. The molecule has 2 aromatic rings. The molecule has 0 aromatic heterocycles. The number of piperidine rings is 1. The van der Waals surface area contributed by atoms with Crippen molar-refractivity contribution in [2.45, 2.75) is 43.5 Å². The first-order valence-corrected chi connectivity index (χ1v) is 10.9. The molecule has 0 spiro atoms. The van der Waals surface area contributed by atoms with E-state index in [9.17, 15) is 17.6 Å². The molecule has 0 atom stereocenters. The Morgan fingerprint density at radius 2 is 1.86 bits per heavy atom. The Balaban J connectivity index is 1.54. The number of fused-ring (bicyclic) bond motifs is 1. The van der Waals surface area contributed by atoms with E-state index in [2.05, 4.69) is 0 Å². The van der Waals surface area contributed by atoms with Crippen LogP contribution in [0.15, 0.2) is 30.3 Å². The standard InChI is InChI=1S/C20H22FNO5S/c21-15-2-1-14-9-13(11-20(23)24)10-19(18(14)12-15)27-16-5-7-22(8-6-16)28(25,26)17-3-4-17/h1-2,9-10,12,16-17H,3-8,11H2,(H,23,24). The molecule has 2 aliphatic rings. The molecule has 150 valence electrons. The van der Waals surface area contributed by atoms with Gasteiger partial charge in [-0.2, -0.15) is 0 Å². The summed E-state index contributed by atoms with van der Waals surface area (Å²) in [7, 11) is -3.18. The molecule has 6 nitrogen and oxygen atoms in total. The predicted molar refractivity (Wildman–Crippen MR) is 102 cm³/mol. The topological polar surface area (TPSA) is 83.9 Å².